The van der Waals surface area contributed by atoms with Gasteiger partial charge in [-0.1, -0.05) is 30.6 Å². The number of hydrogen-bond donors (Lipinski definition) is 1. The third-order valence-electron chi connectivity index (χ3n) is 3.00. The zero-order valence-corrected chi connectivity index (χ0v) is 12.8. The molecule has 21 heavy (non-hydrogen) atoms. The van der Waals surface area contributed by atoms with Crippen LogP contribution in [-0.2, 0) is 6.42 Å². The number of rotatable bonds is 5. The Balaban J connectivity index is 2.51. The highest BCUT2D eigenvalue weighted by molar-refractivity contribution is 6.32. The predicted molar refractivity (Wildman–Crippen MR) is 79.0 cm³/mol. The molecule has 0 bridgehead atoms. The second kappa shape index (κ2) is 6.18. The zero-order valence-electron chi connectivity index (χ0n) is 12.0. The van der Waals surface area contributed by atoms with Crippen molar-refractivity contribution >= 4 is 17.6 Å². The Morgan fingerprint density at radius 1 is 1.48 bits per heavy atom. The summed E-state index contributed by atoms with van der Waals surface area (Å²) in [5.74, 6) is 0.0971. The van der Waals surface area contributed by atoms with Gasteiger partial charge >= 0.3 is 5.97 Å². The van der Waals surface area contributed by atoms with Crippen molar-refractivity contribution in [3.63, 3.8) is 0 Å². The molecule has 0 unspecified atom stereocenters. The summed E-state index contributed by atoms with van der Waals surface area (Å²) >= 11 is 6.07. The van der Waals surface area contributed by atoms with E-state index in [1.807, 2.05) is 13.8 Å². The maximum Gasteiger partial charge on any atom is 0.341 e. The SMILES string of the molecule is COc1ccc(-c2noc(CC(C)C)c2C(=O)O)cc1Cl. The summed E-state index contributed by atoms with van der Waals surface area (Å²) in [6, 6.07) is 4.98. The van der Waals surface area contributed by atoms with Crippen LogP contribution < -0.4 is 4.74 Å². The van der Waals surface area contributed by atoms with Crippen molar-refractivity contribution in [2.24, 2.45) is 5.92 Å². The van der Waals surface area contributed by atoms with Gasteiger partial charge in [0.15, 0.2) is 5.76 Å². The van der Waals surface area contributed by atoms with Crippen LogP contribution in [0.1, 0.15) is 30.0 Å². The maximum atomic E-state index is 11.5. The van der Waals surface area contributed by atoms with Gasteiger partial charge < -0.3 is 14.4 Å². The maximum absolute atomic E-state index is 11.5. The molecule has 0 aliphatic heterocycles. The highest BCUT2D eigenvalue weighted by Crippen LogP contribution is 2.32. The van der Waals surface area contributed by atoms with Crippen LogP contribution in [0.15, 0.2) is 22.7 Å². The van der Waals surface area contributed by atoms with Gasteiger partial charge in [0.25, 0.3) is 0 Å². The van der Waals surface area contributed by atoms with Gasteiger partial charge in [-0.25, -0.2) is 4.79 Å². The van der Waals surface area contributed by atoms with Crippen molar-refractivity contribution in [2.75, 3.05) is 7.11 Å². The number of methoxy groups -OCH3 is 1. The van der Waals surface area contributed by atoms with Gasteiger partial charge in [-0.05, 0) is 24.1 Å². The molecule has 0 amide bonds. The lowest BCUT2D eigenvalue weighted by Gasteiger charge is -2.05. The first-order valence-corrected chi connectivity index (χ1v) is 6.87. The van der Waals surface area contributed by atoms with Crippen molar-refractivity contribution in [3.8, 4) is 17.0 Å². The second-order valence-electron chi connectivity index (χ2n) is 5.08. The molecule has 1 N–H and O–H groups in total. The first kappa shape index (κ1) is 15.4. The number of aromatic nitrogens is 1. The molecule has 0 fully saturated rings. The van der Waals surface area contributed by atoms with E-state index in [9.17, 15) is 9.90 Å². The number of ether oxygens (including phenoxy) is 1. The van der Waals surface area contributed by atoms with Crippen molar-refractivity contribution in [1.29, 1.82) is 0 Å². The molecule has 0 saturated carbocycles. The van der Waals surface area contributed by atoms with E-state index in [4.69, 9.17) is 20.9 Å². The van der Waals surface area contributed by atoms with E-state index in [1.54, 1.807) is 18.2 Å². The van der Waals surface area contributed by atoms with E-state index in [0.29, 0.717) is 28.5 Å². The van der Waals surface area contributed by atoms with Gasteiger partial charge in [0, 0.05) is 12.0 Å². The highest BCUT2D eigenvalue weighted by atomic mass is 35.5. The van der Waals surface area contributed by atoms with E-state index in [1.165, 1.54) is 7.11 Å². The average Bonchev–Trinajstić information content (AvgIpc) is 2.81. The molecule has 0 spiro atoms. The predicted octanol–water partition coefficient (Wildman–Crippen LogP) is 3.90. The molecular weight excluding hydrogens is 294 g/mol. The molecule has 6 heteroatoms. The monoisotopic (exact) mass is 309 g/mol. The fourth-order valence-corrected chi connectivity index (χ4v) is 2.32. The van der Waals surface area contributed by atoms with E-state index >= 15 is 0 Å². The van der Waals surface area contributed by atoms with Crippen molar-refractivity contribution < 1.29 is 19.2 Å². The van der Waals surface area contributed by atoms with E-state index in [0.717, 1.165) is 0 Å². The van der Waals surface area contributed by atoms with Gasteiger partial charge in [-0.3, -0.25) is 0 Å². The smallest absolute Gasteiger partial charge is 0.341 e. The minimum absolute atomic E-state index is 0.0879. The summed E-state index contributed by atoms with van der Waals surface area (Å²) in [4.78, 5) is 11.5. The molecular formula is C15H16ClNO4. The number of halogens is 1. The Morgan fingerprint density at radius 2 is 2.19 bits per heavy atom. The molecule has 2 aromatic rings. The van der Waals surface area contributed by atoms with Gasteiger partial charge in [0.05, 0.1) is 12.1 Å². The van der Waals surface area contributed by atoms with Crippen LogP contribution in [-0.4, -0.2) is 23.3 Å². The number of benzene rings is 1. The van der Waals surface area contributed by atoms with Gasteiger partial charge in [-0.2, -0.15) is 0 Å². The van der Waals surface area contributed by atoms with Crippen LogP contribution >= 0.6 is 11.6 Å². The third-order valence-corrected chi connectivity index (χ3v) is 3.29. The van der Waals surface area contributed by atoms with Gasteiger partial charge in [-0.15, -0.1) is 0 Å². The molecule has 0 atom stereocenters. The molecule has 2 rings (SSSR count). The van der Waals surface area contributed by atoms with E-state index in [-0.39, 0.29) is 17.2 Å². The number of aromatic carboxylic acids is 1. The molecule has 1 aromatic carbocycles. The lowest BCUT2D eigenvalue weighted by atomic mass is 10.0. The summed E-state index contributed by atoms with van der Waals surface area (Å²) in [6.45, 7) is 3.97. The van der Waals surface area contributed by atoms with Crippen LogP contribution in [0.2, 0.25) is 5.02 Å². The standard InChI is InChI=1S/C15H16ClNO4/c1-8(2)6-12-13(15(18)19)14(17-21-12)9-4-5-11(20-3)10(16)7-9/h4-5,7-8H,6H2,1-3H3,(H,18,19). The van der Waals surface area contributed by atoms with Gasteiger partial charge in [0.2, 0.25) is 0 Å². The Hall–Kier alpha value is -2.01. The number of carboxylic acid groups (broad SMARTS) is 1. The van der Waals surface area contributed by atoms with Crippen LogP contribution in [0.25, 0.3) is 11.3 Å². The lowest BCUT2D eigenvalue weighted by Crippen LogP contribution is -2.04. The molecule has 0 aliphatic carbocycles. The Bertz CT molecular complexity index is 664. The number of carbonyl (C=O) groups is 1. The summed E-state index contributed by atoms with van der Waals surface area (Å²) in [7, 11) is 1.51. The Kier molecular flexibility index (Phi) is 4.53. The average molecular weight is 310 g/mol. The fourth-order valence-electron chi connectivity index (χ4n) is 2.07. The summed E-state index contributed by atoms with van der Waals surface area (Å²) in [6.07, 6.45) is 0.512. The zero-order chi connectivity index (χ0) is 15.6. The van der Waals surface area contributed by atoms with Crippen LogP contribution in [0.4, 0.5) is 0 Å². The van der Waals surface area contributed by atoms with Crippen molar-refractivity contribution in [2.45, 2.75) is 20.3 Å². The van der Waals surface area contributed by atoms with Crippen molar-refractivity contribution in [3.05, 3.63) is 34.5 Å². The summed E-state index contributed by atoms with van der Waals surface area (Å²) in [5, 5.41) is 13.7. The first-order chi connectivity index (χ1) is 9.93. The molecule has 0 radical (unpaired) electrons. The molecule has 5 nitrogen and oxygen atoms in total. The Morgan fingerprint density at radius 3 is 2.71 bits per heavy atom. The number of carboxylic acids is 1. The minimum atomic E-state index is -1.06. The van der Waals surface area contributed by atoms with Gasteiger partial charge in [0.1, 0.15) is 17.0 Å². The Labute approximate surface area is 127 Å². The fraction of sp³-hybridized carbons (Fsp3) is 0.333. The van der Waals surface area contributed by atoms with E-state index in [2.05, 4.69) is 5.16 Å². The summed E-state index contributed by atoms with van der Waals surface area (Å²) < 4.78 is 10.3. The van der Waals surface area contributed by atoms with Crippen molar-refractivity contribution in [1.82, 2.24) is 5.16 Å². The number of nitrogens with zero attached hydrogens (tertiary/aromatic N) is 1. The quantitative estimate of drug-likeness (QED) is 0.906. The molecule has 1 heterocycles. The second-order valence-corrected chi connectivity index (χ2v) is 5.49. The van der Waals surface area contributed by atoms with E-state index < -0.39 is 5.97 Å². The molecule has 0 saturated heterocycles. The number of hydrogen-bond acceptors (Lipinski definition) is 4. The third kappa shape index (κ3) is 3.19. The van der Waals surface area contributed by atoms with Crippen LogP contribution in [0.3, 0.4) is 0 Å². The van der Waals surface area contributed by atoms with Crippen LogP contribution in [0.5, 0.6) is 5.75 Å². The lowest BCUT2D eigenvalue weighted by molar-refractivity contribution is 0.0695. The normalized spacial score (nSPS) is 10.9. The molecule has 1 aromatic heterocycles. The highest BCUT2D eigenvalue weighted by Gasteiger charge is 2.24. The minimum Gasteiger partial charge on any atom is -0.495 e. The summed E-state index contributed by atoms with van der Waals surface area (Å²) in [5.41, 5.74) is 0.949. The molecule has 112 valence electrons. The molecule has 0 aliphatic rings. The largest absolute Gasteiger partial charge is 0.495 e. The van der Waals surface area contributed by atoms with Crippen LogP contribution in [0, 0.1) is 5.92 Å². The first-order valence-electron chi connectivity index (χ1n) is 6.49. The topological polar surface area (TPSA) is 72.6 Å².